The number of rotatable bonds is 7. The van der Waals surface area contributed by atoms with Crippen LogP contribution in [0.4, 0.5) is 5.82 Å². The van der Waals surface area contributed by atoms with Crippen LogP contribution in [0.3, 0.4) is 0 Å². The molecule has 3 aromatic carbocycles. The van der Waals surface area contributed by atoms with Gasteiger partial charge in [0.2, 0.25) is 0 Å². The minimum atomic E-state index is -0.270. The number of benzene rings is 3. The van der Waals surface area contributed by atoms with E-state index in [4.69, 9.17) is 4.74 Å². The van der Waals surface area contributed by atoms with Crippen LogP contribution < -0.4 is 9.64 Å². The van der Waals surface area contributed by atoms with Gasteiger partial charge in [-0.25, -0.2) is 9.97 Å². The van der Waals surface area contributed by atoms with E-state index in [1.165, 1.54) is 11.2 Å². The molecular formula is C28H24N4O3. The quantitative estimate of drug-likeness (QED) is 0.377. The number of hydrogen-bond acceptors (Lipinski definition) is 5. The molecule has 2 aromatic heterocycles. The Morgan fingerprint density at radius 3 is 2.29 bits per heavy atom. The van der Waals surface area contributed by atoms with Crippen LogP contribution in [-0.4, -0.2) is 45.8 Å². The van der Waals surface area contributed by atoms with Crippen molar-refractivity contribution in [2.24, 2.45) is 0 Å². The highest BCUT2D eigenvalue weighted by molar-refractivity contribution is 6.12. The molecule has 7 heteroatoms. The zero-order valence-corrected chi connectivity index (χ0v) is 19.2. The van der Waals surface area contributed by atoms with Gasteiger partial charge in [0, 0.05) is 23.0 Å². The van der Waals surface area contributed by atoms with Gasteiger partial charge in [0.05, 0.1) is 25.6 Å². The third-order valence-corrected chi connectivity index (χ3v) is 5.84. The van der Waals surface area contributed by atoms with Crippen LogP contribution in [0.25, 0.3) is 27.8 Å². The number of nitrogens with zero attached hydrogens (tertiary/aromatic N) is 4. The van der Waals surface area contributed by atoms with Crippen LogP contribution in [0.1, 0.15) is 10.4 Å². The molecule has 0 spiro atoms. The summed E-state index contributed by atoms with van der Waals surface area (Å²) in [5.74, 6) is 0.831. The SMILES string of the molecule is COc1ccc(C(=O)N(CCO)c2ncnc3c2c(-c2ccccc2)cn3-c2ccccc2)cc1. The summed E-state index contributed by atoms with van der Waals surface area (Å²) >= 11 is 0. The molecule has 1 amide bonds. The Morgan fingerprint density at radius 2 is 1.63 bits per heavy atom. The van der Waals surface area contributed by atoms with Gasteiger partial charge in [0.25, 0.3) is 5.91 Å². The fraction of sp³-hybridized carbons (Fsp3) is 0.107. The molecule has 174 valence electrons. The molecule has 0 fully saturated rings. The Kier molecular flexibility index (Phi) is 6.24. The molecule has 0 bridgehead atoms. The van der Waals surface area contributed by atoms with Gasteiger partial charge in [-0.15, -0.1) is 0 Å². The van der Waals surface area contributed by atoms with Gasteiger partial charge in [0.15, 0.2) is 5.65 Å². The van der Waals surface area contributed by atoms with Crippen LogP contribution in [0.2, 0.25) is 0 Å². The number of carbonyl (C=O) groups excluding carboxylic acids is 1. The van der Waals surface area contributed by atoms with Crippen LogP contribution >= 0.6 is 0 Å². The number of carbonyl (C=O) groups is 1. The fourth-order valence-corrected chi connectivity index (χ4v) is 4.17. The number of anilines is 1. The topological polar surface area (TPSA) is 80.5 Å². The Labute approximate surface area is 202 Å². The smallest absolute Gasteiger partial charge is 0.259 e. The number of methoxy groups -OCH3 is 1. The van der Waals surface area contributed by atoms with Crippen LogP contribution in [0.15, 0.2) is 97.5 Å². The van der Waals surface area contributed by atoms with E-state index in [9.17, 15) is 9.90 Å². The van der Waals surface area contributed by atoms with Crippen molar-refractivity contribution >= 4 is 22.8 Å². The summed E-state index contributed by atoms with van der Waals surface area (Å²) in [4.78, 5) is 24.3. The largest absolute Gasteiger partial charge is 0.497 e. The summed E-state index contributed by atoms with van der Waals surface area (Å²) in [5.41, 5.74) is 3.95. The lowest BCUT2D eigenvalue weighted by molar-refractivity contribution is 0.0980. The highest BCUT2D eigenvalue weighted by Crippen LogP contribution is 2.37. The lowest BCUT2D eigenvalue weighted by atomic mass is 10.1. The predicted octanol–water partition coefficient (Wildman–Crippen LogP) is 4.74. The first-order chi connectivity index (χ1) is 17.2. The van der Waals surface area contributed by atoms with E-state index in [2.05, 4.69) is 9.97 Å². The summed E-state index contributed by atoms with van der Waals surface area (Å²) in [6.07, 6.45) is 3.47. The Morgan fingerprint density at radius 1 is 0.943 bits per heavy atom. The molecule has 0 atom stereocenters. The molecule has 5 rings (SSSR count). The van der Waals surface area contributed by atoms with E-state index in [0.717, 1.165) is 22.2 Å². The average molecular weight is 465 g/mol. The monoisotopic (exact) mass is 464 g/mol. The summed E-state index contributed by atoms with van der Waals surface area (Å²) in [6, 6.07) is 26.7. The summed E-state index contributed by atoms with van der Waals surface area (Å²) in [5, 5.41) is 10.6. The molecule has 0 aliphatic heterocycles. The second kappa shape index (κ2) is 9.79. The zero-order chi connectivity index (χ0) is 24.2. The number of aromatic nitrogens is 3. The lowest BCUT2D eigenvalue weighted by Crippen LogP contribution is -2.34. The zero-order valence-electron chi connectivity index (χ0n) is 19.2. The summed E-state index contributed by atoms with van der Waals surface area (Å²) < 4.78 is 7.22. The first kappa shape index (κ1) is 22.3. The van der Waals surface area contributed by atoms with Crippen molar-refractivity contribution in [1.29, 1.82) is 0 Å². The highest BCUT2D eigenvalue weighted by Gasteiger charge is 2.25. The minimum Gasteiger partial charge on any atom is -0.497 e. The molecule has 2 heterocycles. The second-order valence-electron chi connectivity index (χ2n) is 7.92. The van der Waals surface area contributed by atoms with E-state index in [0.29, 0.717) is 22.8 Å². The highest BCUT2D eigenvalue weighted by atomic mass is 16.5. The molecule has 7 nitrogen and oxygen atoms in total. The maximum Gasteiger partial charge on any atom is 0.259 e. The van der Waals surface area contributed by atoms with Gasteiger partial charge in [-0.05, 0) is 42.0 Å². The van der Waals surface area contributed by atoms with E-state index >= 15 is 0 Å². The molecule has 35 heavy (non-hydrogen) atoms. The van der Waals surface area contributed by atoms with E-state index in [1.54, 1.807) is 31.4 Å². The molecule has 5 aromatic rings. The Hall–Kier alpha value is -4.49. The normalized spacial score (nSPS) is 10.9. The van der Waals surface area contributed by atoms with Gasteiger partial charge in [-0.2, -0.15) is 0 Å². The number of ether oxygens (including phenoxy) is 1. The lowest BCUT2D eigenvalue weighted by Gasteiger charge is -2.22. The van der Waals surface area contributed by atoms with Crippen LogP contribution in [-0.2, 0) is 0 Å². The first-order valence-electron chi connectivity index (χ1n) is 11.2. The van der Waals surface area contributed by atoms with Gasteiger partial charge < -0.3 is 14.4 Å². The van der Waals surface area contributed by atoms with E-state index < -0.39 is 0 Å². The number of hydrogen-bond donors (Lipinski definition) is 1. The number of fused-ring (bicyclic) bond motifs is 1. The predicted molar refractivity (Wildman–Crippen MR) is 136 cm³/mol. The van der Waals surface area contributed by atoms with Crippen LogP contribution in [0.5, 0.6) is 5.75 Å². The van der Waals surface area contributed by atoms with E-state index in [1.807, 2.05) is 71.4 Å². The summed E-state index contributed by atoms with van der Waals surface area (Å²) in [7, 11) is 1.58. The van der Waals surface area contributed by atoms with E-state index in [-0.39, 0.29) is 19.1 Å². The molecule has 0 unspecified atom stereocenters. The van der Waals surface area contributed by atoms with Crippen molar-refractivity contribution < 1.29 is 14.6 Å². The van der Waals surface area contributed by atoms with Crippen molar-refractivity contribution in [3.63, 3.8) is 0 Å². The van der Waals surface area contributed by atoms with Gasteiger partial charge in [-0.1, -0.05) is 48.5 Å². The molecule has 1 N–H and O–H groups in total. The molecule has 0 aliphatic rings. The number of aliphatic hydroxyl groups is 1. The number of aliphatic hydroxyl groups excluding tert-OH is 1. The van der Waals surface area contributed by atoms with Gasteiger partial charge >= 0.3 is 0 Å². The van der Waals surface area contributed by atoms with Gasteiger partial charge in [0.1, 0.15) is 17.9 Å². The molecule has 0 saturated heterocycles. The molecular weight excluding hydrogens is 440 g/mol. The third-order valence-electron chi connectivity index (χ3n) is 5.84. The fourth-order valence-electron chi connectivity index (χ4n) is 4.17. The Bertz CT molecular complexity index is 1450. The first-order valence-corrected chi connectivity index (χ1v) is 11.2. The van der Waals surface area contributed by atoms with Crippen molar-refractivity contribution in [2.45, 2.75) is 0 Å². The van der Waals surface area contributed by atoms with Crippen molar-refractivity contribution in [3.05, 3.63) is 103 Å². The van der Waals surface area contributed by atoms with Crippen LogP contribution in [0, 0.1) is 0 Å². The van der Waals surface area contributed by atoms with Crippen molar-refractivity contribution in [2.75, 3.05) is 25.2 Å². The Balaban J connectivity index is 1.73. The van der Waals surface area contributed by atoms with Crippen molar-refractivity contribution in [1.82, 2.24) is 14.5 Å². The number of para-hydroxylation sites is 1. The molecule has 0 aliphatic carbocycles. The maximum atomic E-state index is 13.6. The minimum absolute atomic E-state index is 0.0850. The third kappa shape index (κ3) is 4.25. The standard InChI is InChI=1S/C28H24N4O3/c1-35-23-14-12-21(13-15-23)28(34)31(16-17-33)26-25-24(20-8-4-2-5-9-20)18-32(27(25)30-19-29-26)22-10-6-3-7-11-22/h2-15,18-19,33H,16-17H2,1H3. The summed E-state index contributed by atoms with van der Waals surface area (Å²) in [6.45, 7) is -0.130. The molecule has 0 saturated carbocycles. The number of amides is 1. The average Bonchev–Trinajstić information content (AvgIpc) is 3.32. The van der Waals surface area contributed by atoms with Gasteiger partial charge in [-0.3, -0.25) is 9.69 Å². The van der Waals surface area contributed by atoms with Crippen molar-refractivity contribution in [3.8, 4) is 22.6 Å². The maximum absolute atomic E-state index is 13.6. The second-order valence-corrected chi connectivity index (χ2v) is 7.92. The molecule has 0 radical (unpaired) electrons.